The summed E-state index contributed by atoms with van der Waals surface area (Å²) in [5.41, 5.74) is 3.01. The van der Waals surface area contributed by atoms with Crippen molar-refractivity contribution in [2.24, 2.45) is 0 Å². The number of hydrogen-bond donors (Lipinski definition) is 1. The molecule has 170 valence electrons. The van der Waals surface area contributed by atoms with Gasteiger partial charge in [-0.25, -0.2) is 13.4 Å². The number of para-hydroxylation sites is 2. The summed E-state index contributed by atoms with van der Waals surface area (Å²) in [7, 11) is -3.90. The normalized spacial score (nSPS) is 16.8. The van der Waals surface area contributed by atoms with E-state index >= 15 is 0 Å². The Balaban J connectivity index is 1.36. The van der Waals surface area contributed by atoms with Crippen molar-refractivity contribution in [1.29, 1.82) is 0 Å². The lowest BCUT2D eigenvalue weighted by Crippen LogP contribution is -2.39. The van der Waals surface area contributed by atoms with Crippen LogP contribution in [0, 0.1) is 6.92 Å². The fraction of sp³-hybridized carbons (Fsp3) is 0.250. The van der Waals surface area contributed by atoms with Crippen LogP contribution in [0.1, 0.15) is 39.9 Å². The van der Waals surface area contributed by atoms with E-state index < -0.39 is 10.0 Å². The molecule has 1 atom stereocenters. The van der Waals surface area contributed by atoms with Gasteiger partial charge >= 0.3 is 0 Å². The maximum Gasteiger partial charge on any atom is 0.265 e. The number of sulfonamides is 1. The fourth-order valence-corrected chi connectivity index (χ4v) is 6.52. The zero-order chi connectivity index (χ0) is 23.0. The number of fused-ring (bicyclic) bond motifs is 1. The maximum atomic E-state index is 13.4. The highest BCUT2D eigenvalue weighted by Crippen LogP contribution is 2.32. The van der Waals surface area contributed by atoms with Crippen LogP contribution in [0.15, 0.2) is 69.3 Å². The number of oxazole rings is 1. The molecule has 1 aliphatic heterocycles. The van der Waals surface area contributed by atoms with Crippen LogP contribution in [-0.2, 0) is 10.0 Å². The number of carbonyl (C=O) groups excluding carboxylic acids is 1. The molecule has 3 heterocycles. The summed E-state index contributed by atoms with van der Waals surface area (Å²) in [5, 5.41) is 1.64. The Bertz CT molecular complexity index is 1370. The molecule has 0 spiro atoms. The van der Waals surface area contributed by atoms with Crippen LogP contribution in [0.5, 0.6) is 0 Å². The summed E-state index contributed by atoms with van der Waals surface area (Å²) < 4.78 is 34.6. The van der Waals surface area contributed by atoms with Gasteiger partial charge < -0.3 is 9.32 Å². The van der Waals surface area contributed by atoms with Crippen molar-refractivity contribution in [2.75, 3.05) is 17.8 Å². The average molecular weight is 482 g/mol. The van der Waals surface area contributed by atoms with Crippen molar-refractivity contribution in [3.05, 3.63) is 76.3 Å². The summed E-state index contributed by atoms with van der Waals surface area (Å²) in [4.78, 5) is 19.9. The van der Waals surface area contributed by atoms with Gasteiger partial charge in [0.1, 0.15) is 15.3 Å². The van der Waals surface area contributed by atoms with E-state index in [1.807, 2.05) is 43.3 Å². The first-order valence-corrected chi connectivity index (χ1v) is 13.1. The molecule has 2 aromatic heterocycles. The Hall–Kier alpha value is -3.17. The maximum absolute atomic E-state index is 13.4. The van der Waals surface area contributed by atoms with Crippen molar-refractivity contribution in [3.8, 4) is 0 Å². The fourth-order valence-electron chi connectivity index (χ4n) is 4.07. The third-order valence-corrected chi connectivity index (χ3v) is 8.24. The molecule has 5 rings (SSSR count). The van der Waals surface area contributed by atoms with Gasteiger partial charge in [0.2, 0.25) is 0 Å². The zero-order valence-corrected chi connectivity index (χ0v) is 19.7. The summed E-state index contributed by atoms with van der Waals surface area (Å²) in [6.45, 7) is 2.94. The molecular weight excluding hydrogens is 458 g/mol. The molecule has 1 amide bonds. The number of thiophene rings is 1. The van der Waals surface area contributed by atoms with Gasteiger partial charge in [-0.3, -0.25) is 9.52 Å². The number of aryl methyl sites for hydroxylation is 1. The van der Waals surface area contributed by atoms with Gasteiger partial charge in [-0.15, -0.1) is 11.3 Å². The Morgan fingerprint density at radius 3 is 2.73 bits per heavy atom. The summed E-state index contributed by atoms with van der Waals surface area (Å²) in [5.74, 6) is 0.310. The molecule has 2 aromatic carbocycles. The smallest absolute Gasteiger partial charge is 0.265 e. The van der Waals surface area contributed by atoms with E-state index in [1.54, 1.807) is 22.4 Å². The molecule has 1 fully saturated rings. The molecule has 1 saturated heterocycles. The van der Waals surface area contributed by atoms with E-state index in [1.165, 1.54) is 6.07 Å². The molecule has 0 bridgehead atoms. The molecular formula is C24H23N3O4S2. The van der Waals surface area contributed by atoms with E-state index in [9.17, 15) is 13.2 Å². The molecule has 0 saturated carbocycles. The van der Waals surface area contributed by atoms with Crippen LogP contribution in [0.2, 0.25) is 0 Å². The van der Waals surface area contributed by atoms with Gasteiger partial charge in [0, 0.05) is 18.8 Å². The number of benzene rings is 2. The minimum atomic E-state index is -3.90. The number of nitrogens with one attached hydrogen (secondary N) is 1. The van der Waals surface area contributed by atoms with Crippen molar-refractivity contribution in [3.63, 3.8) is 0 Å². The van der Waals surface area contributed by atoms with Crippen LogP contribution in [0.4, 0.5) is 5.69 Å². The Kier molecular flexibility index (Phi) is 5.67. The van der Waals surface area contributed by atoms with Gasteiger partial charge in [0.05, 0.1) is 5.92 Å². The molecule has 4 aromatic rings. The molecule has 0 radical (unpaired) electrons. The lowest BCUT2D eigenvalue weighted by molar-refractivity contribution is 0.0700. The van der Waals surface area contributed by atoms with E-state index in [0.717, 1.165) is 40.8 Å². The van der Waals surface area contributed by atoms with Crippen LogP contribution in [0.3, 0.4) is 0 Å². The van der Waals surface area contributed by atoms with E-state index in [2.05, 4.69) is 9.71 Å². The molecule has 9 heteroatoms. The predicted molar refractivity (Wildman–Crippen MR) is 128 cm³/mol. The number of amides is 1. The summed E-state index contributed by atoms with van der Waals surface area (Å²) in [6.07, 6.45) is 1.66. The number of hydrogen-bond acceptors (Lipinski definition) is 6. The SMILES string of the molecule is Cc1ccc(NS(=O)(=O)c2ccsc2C(=O)N2CCCC(c3nc4ccccc4o3)C2)cc1. The van der Waals surface area contributed by atoms with E-state index in [4.69, 9.17) is 4.42 Å². The summed E-state index contributed by atoms with van der Waals surface area (Å²) in [6, 6.07) is 16.1. The Morgan fingerprint density at radius 2 is 1.94 bits per heavy atom. The van der Waals surface area contributed by atoms with Crippen LogP contribution in [0.25, 0.3) is 11.1 Å². The highest BCUT2D eigenvalue weighted by Gasteiger charge is 2.32. The second-order valence-corrected chi connectivity index (χ2v) is 10.8. The number of piperidine rings is 1. The third kappa shape index (κ3) is 4.38. The van der Waals surface area contributed by atoms with Gasteiger partial charge in [0.25, 0.3) is 15.9 Å². The quantitative estimate of drug-likeness (QED) is 0.432. The number of anilines is 1. The lowest BCUT2D eigenvalue weighted by Gasteiger charge is -2.31. The van der Waals surface area contributed by atoms with Gasteiger partial charge in [0.15, 0.2) is 11.5 Å². The first-order valence-electron chi connectivity index (χ1n) is 10.7. The Labute approximate surface area is 196 Å². The molecule has 33 heavy (non-hydrogen) atoms. The van der Waals surface area contributed by atoms with Gasteiger partial charge in [-0.05, 0) is 55.5 Å². The summed E-state index contributed by atoms with van der Waals surface area (Å²) >= 11 is 1.14. The highest BCUT2D eigenvalue weighted by atomic mass is 32.2. The van der Waals surface area contributed by atoms with Crippen molar-refractivity contribution < 1.29 is 17.6 Å². The molecule has 0 aliphatic carbocycles. The second kappa shape index (κ2) is 8.64. The van der Waals surface area contributed by atoms with Crippen molar-refractivity contribution >= 4 is 44.1 Å². The molecule has 1 unspecified atom stereocenters. The van der Waals surface area contributed by atoms with Crippen molar-refractivity contribution in [2.45, 2.75) is 30.6 Å². The highest BCUT2D eigenvalue weighted by molar-refractivity contribution is 7.93. The monoisotopic (exact) mass is 481 g/mol. The second-order valence-electron chi connectivity index (χ2n) is 8.20. The molecule has 7 nitrogen and oxygen atoms in total. The predicted octanol–water partition coefficient (Wildman–Crippen LogP) is 5.02. The topological polar surface area (TPSA) is 92.5 Å². The number of aromatic nitrogens is 1. The minimum absolute atomic E-state index is 0.00191. The van der Waals surface area contributed by atoms with Gasteiger partial charge in [-0.2, -0.15) is 0 Å². The van der Waals surface area contributed by atoms with Crippen LogP contribution < -0.4 is 4.72 Å². The largest absolute Gasteiger partial charge is 0.440 e. The van der Waals surface area contributed by atoms with E-state index in [0.29, 0.717) is 24.7 Å². The number of likely N-dealkylation sites (tertiary alicyclic amines) is 1. The number of rotatable bonds is 5. The third-order valence-electron chi connectivity index (χ3n) is 5.78. The van der Waals surface area contributed by atoms with E-state index in [-0.39, 0.29) is 21.6 Å². The van der Waals surface area contributed by atoms with Gasteiger partial charge in [-0.1, -0.05) is 29.8 Å². The average Bonchev–Trinajstić information content (AvgIpc) is 3.48. The standard InChI is InChI=1S/C24H23N3O4S2/c1-16-8-10-18(11-9-16)26-33(29,30)21-12-14-32-22(21)24(28)27-13-4-5-17(15-27)23-25-19-6-2-3-7-20(19)31-23/h2-3,6-12,14,17,26H,4-5,13,15H2,1H3. The number of nitrogens with zero attached hydrogens (tertiary/aromatic N) is 2. The zero-order valence-electron chi connectivity index (χ0n) is 18.0. The van der Waals surface area contributed by atoms with Crippen molar-refractivity contribution in [1.82, 2.24) is 9.88 Å². The first kappa shape index (κ1) is 21.7. The number of carbonyl (C=O) groups is 1. The minimum Gasteiger partial charge on any atom is -0.440 e. The first-order chi connectivity index (χ1) is 15.9. The Morgan fingerprint density at radius 1 is 1.15 bits per heavy atom. The molecule has 1 aliphatic rings. The molecule has 1 N–H and O–H groups in total. The van der Waals surface area contributed by atoms with Crippen LogP contribution in [-0.4, -0.2) is 37.3 Å². The van der Waals surface area contributed by atoms with Crippen LogP contribution >= 0.6 is 11.3 Å². The lowest BCUT2D eigenvalue weighted by atomic mass is 9.98.